The van der Waals surface area contributed by atoms with Crippen molar-refractivity contribution in [3.63, 3.8) is 0 Å². The number of nitrogens with one attached hydrogen (secondary N) is 2. The molecule has 0 aliphatic heterocycles. The first-order valence-electron chi connectivity index (χ1n) is 10.0. The summed E-state index contributed by atoms with van der Waals surface area (Å²) in [5, 5.41) is 3.47. The molecule has 1 aromatic heterocycles. The number of rotatable bonds is 7. The van der Waals surface area contributed by atoms with Crippen LogP contribution in [0.1, 0.15) is 27.6 Å². The largest absolute Gasteiger partial charge is 0.462 e. The minimum absolute atomic E-state index is 0.0448. The number of halogens is 1. The number of aromatic nitrogens is 1. The Morgan fingerprint density at radius 2 is 1.79 bits per heavy atom. The second-order valence-corrected chi connectivity index (χ2v) is 10.2. The van der Waals surface area contributed by atoms with Crippen LogP contribution in [0.4, 0.5) is 10.8 Å². The summed E-state index contributed by atoms with van der Waals surface area (Å²) in [5.41, 5.74) is 1.49. The van der Waals surface area contributed by atoms with Gasteiger partial charge in [-0.1, -0.05) is 29.0 Å². The number of fused-ring (bicyclic) bond motifs is 1. The van der Waals surface area contributed by atoms with E-state index in [1.54, 1.807) is 43.3 Å². The molecule has 4 aromatic rings. The normalized spacial score (nSPS) is 11.2. The van der Waals surface area contributed by atoms with Gasteiger partial charge in [0.25, 0.3) is 15.9 Å². The number of nitrogens with zero attached hydrogens (tertiary/aromatic N) is 1. The quantitative estimate of drug-likeness (QED) is 0.328. The maximum absolute atomic E-state index is 12.8. The highest BCUT2D eigenvalue weighted by molar-refractivity contribution is 7.92. The zero-order chi connectivity index (χ0) is 24.3. The Morgan fingerprint density at radius 3 is 2.53 bits per heavy atom. The summed E-state index contributed by atoms with van der Waals surface area (Å²) in [6.45, 7) is 2.00. The Morgan fingerprint density at radius 1 is 1.03 bits per heavy atom. The molecule has 174 valence electrons. The maximum atomic E-state index is 12.8. The number of benzene rings is 3. The molecule has 11 heteroatoms. The van der Waals surface area contributed by atoms with E-state index in [0.29, 0.717) is 25.9 Å². The topological polar surface area (TPSA) is 114 Å². The van der Waals surface area contributed by atoms with Gasteiger partial charge in [-0.05, 0) is 67.6 Å². The first kappa shape index (κ1) is 23.7. The van der Waals surface area contributed by atoms with Crippen LogP contribution in [0.5, 0.6) is 0 Å². The SMILES string of the molecule is CCOC(=O)c1ccc2nc(NC(=O)c3cccc(NS(=O)(=O)c4ccc(Cl)cc4)c3)sc2c1. The molecule has 4 rings (SSSR count). The number of hydrogen-bond donors (Lipinski definition) is 2. The minimum atomic E-state index is -3.85. The monoisotopic (exact) mass is 515 g/mol. The molecule has 0 bridgehead atoms. The molecule has 8 nitrogen and oxygen atoms in total. The van der Waals surface area contributed by atoms with Crippen LogP contribution in [0.15, 0.2) is 71.6 Å². The van der Waals surface area contributed by atoms with E-state index in [1.807, 2.05) is 0 Å². The first-order chi connectivity index (χ1) is 16.2. The van der Waals surface area contributed by atoms with Crippen molar-refractivity contribution in [1.29, 1.82) is 0 Å². The van der Waals surface area contributed by atoms with Gasteiger partial charge in [0, 0.05) is 16.3 Å². The van der Waals surface area contributed by atoms with Crippen molar-refractivity contribution in [3.05, 3.63) is 82.9 Å². The predicted octanol–water partition coefficient (Wildman–Crippen LogP) is 5.18. The summed E-state index contributed by atoms with van der Waals surface area (Å²) in [6.07, 6.45) is 0. The van der Waals surface area contributed by atoms with Gasteiger partial charge in [-0.15, -0.1) is 0 Å². The van der Waals surface area contributed by atoms with Gasteiger partial charge < -0.3 is 4.74 Å². The van der Waals surface area contributed by atoms with Gasteiger partial charge in [0.1, 0.15) is 0 Å². The molecule has 1 heterocycles. The van der Waals surface area contributed by atoms with E-state index >= 15 is 0 Å². The van der Waals surface area contributed by atoms with Crippen LogP contribution in [0.25, 0.3) is 10.2 Å². The predicted molar refractivity (Wildman–Crippen MR) is 132 cm³/mol. The van der Waals surface area contributed by atoms with E-state index in [2.05, 4.69) is 15.0 Å². The Kier molecular flexibility index (Phi) is 6.82. The van der Waals surface area contributed by atoms with Crippen LogP contribution >= 0.6 is 22.9 Å². The van der Waals surface area contributed by atoms with E-state index in [-0.39, 0.29) is 22.8 Å². The molecule has 1 amide bonds. The zero-order valence-corrected chi connectivity index (χ0v) is 20.1. The Bertz CT molecular complexity index is 1480. The molecule has 34 heavy (non-hydrogen) atoms. The number of sulfonamides is 1. The molecule has 0 saturated heterocycles. The fraction of sp³-hybridized carbons (Fsp3) is 0.0870. The van der Waals surface area contributed by atoms with Crippen molar-refractivity contribution in [2.24, 2.45) is 0 Å². The highest BCUT2D eigenvalue weighted by Gasteiger charge is 2.16. The van der Waals surface area contributed by atoms with Gasteiger partial charge in [-0.25, -0.2) is 18.2 Å². The second kappa shape index (κ2) is 9.80. The molecule has 0 radical (unpaired) electrons. The number of anilines is 2. The Hall–Kier alpha value is -3.47. The molecule has 0 fully saturated rings. The summed E-state index contributed by atoms with van der Waals surface area (Å²) in [6, 6.07) is 16.8. The highest BCUT2D eigenvalue weighted by Crippen LogP contribution is 2.28. The Balaban J connectivity index is 1.50. The molecule has 0 saturated carbocycles. The lowest BCUT2D eigenvalue weighted by Gasteiger charge is -2.09. The van der Waals surface area contributed by atoms with Crippen molar-refractivity contribution in [1.82, 2.24) is 4.98 Å². The van der Waals surface area contributed by atoms with Crippen LogP contribution in [-0.2, 0) is 14.8 Å². The van der Waals surface area contributed by atoms with Gasteiger partial charge in [0.05, 0.1) is 27.3 Å². The fourth-order valence-electron chi connectivity index (χ4n) is 3.04. The summed E-state index contributed by atoms with van der Waals surface area (Å²) in [7, 11) is -3.85. The molecule has 0 spiro atoms. The third-order valence-electron chi connectivity index (χ3n) is 4.62. The standard InChI is InChI=1S/C23H18ClN3O5S2/c1-2-32-22(29)15-6-11-19-20(13-15)33-23(25-19)26-21(28)14-4-3-5-17(12-14)27-34(30,31)18-9-7-16(24)8-10-18/h3-13,27H,2H2,1H3,(H,25,26,28). The van der Waals surface area contributed by atoms with E-state index in [9.17, 15) is 18.0 Å². The smallest absolute Gasteiger partial charge is 0.338 e. The summed E-state index contributed by atoms with van der Waals surface area (Å²) >= 11 is 7.03. The van der Waals surface area contributed by atoms with E-state index < -0.39 is 21.9 Å². The van der Waals surface area contributed by atoms with Crippen molar-refractivity contribution < 1.29 is 22.7 Å². The van der Waals surface area contributed by atoms with Crippen LogP contribution in [0, 0.1) is 0 Å². The second-order valence-electron chi connectivity index (χ2n) is 7.02. The third-order valence-corrected chi connectivity index (χ3v) is 7.20. The van der Waals surface area contributed by atoms with E-state index in [4.69, 9.17) is 16.3 Å². The Labute approximate surface area is 204 Å². The number of ether oxygens (including phenoxy) is 1. The number of esters is 1. The van der Waals surface area contributed by atoms with Crippen molar-refractivity contribution in [2.75, 3.05) is 16.6 Å². The molecule has 3 aromatic carbocycles. The first-order valence-corrected chi connectivity index (χ1v) is 12.7. The lowest BCUT2D eigenvalue weighted by molar-refractivity contribution is 0.0526. The lowest BCUT2D eigenvalue weighted by atomic mass is 10.2. The van der Waals surface area contributed by atoms with Crippen LogP contribution in [0.3, 0.4) is 0 Å². The van der Waals surface area contributed by atoms with E-state index in [1.165, 1.54) is 41.7 Å². The number of thiazole rings is 1. The van der Waals surface area contributed by atoms with E-state index in [0.717, 1.165) is 0 Å². The van der Waals surface area contributed by atoms with Crippen molar-refractivity contribution in [3.8, 4) is 0 Å². The lowest BCUT2D eigenvalue weighted by Crippen LogP contribution is -2.15. The molecular weight excluding hydrogens is 498 g/mol. The third kappa shape index (κ3) is 5.36. The molecular formula is C23H18ClN3O5S2. The van der Waals surface area contributed by atoms with Crippen LogP contribution in [-0.4, -0.2) is 31.9 Å². The number of amides is 1. The average molecular weight is 516 g/mol. The molecule has 0 aliphatic rings. The maximum Gasteiger partial charge on any atom is 0.338 e. The molecule has 2 N–H and O–H groups in total. The number of carbonyl (C=O) groups is 2. The van der Waals surface area contributed by atoms with Gasteiger partial charge in [0.2, 0.25) is 0 Å². The minimum Gasteiger partial charge on any atom is -0.462 e. The zero-order valence-electron chi connectivity index (χ0n) is 17.7. The number of hydrogen-bond acceptors (Lipinski definition) is 7. The van der Waals surface area contributed by atoms with Crippen molar-refractivity contribution >= 4 is 65.9 Å². The highest BCUT2D eigenvalue weighted by atomic mass is 35.5. The number of carbonyl (C=O) groups excluding carboxylic acids is 2. The van der Waals surface area contributed by atoms with Gasteiger partial charge >= 0.3 is 5.97 Å². The summed E-state index contributed by atoms with van der Waals surface area (Å²) < 4.78 is 33.4. The average Bonchev–Trinajstić information content (AvgIpc) is 3.21. The van der Waals surface area contributed by atoms with Crippen molar-refractivity contribution in [2.45, 2.75) is 11.8 Å². The van der Waals surface area contributed by atoms with Gasteiger partial charge in [0.15, 0.2) is 5.13 Å². The van der Waals surface area contributed by atoms with Crippen LogP contribution in [0.2, 0.25) is 5.02 Å². The molecule has 0 unspecified atom stereocenters. The summed E-state index contributed by atoms with van der Waals surface area (Å²) in [4.78, 5) is 29.1. The van der Waals surface area contributed by atoms with Gasteiger partial charge in [-0.3, -0.25) is 14.8 Å². The van der Waals surface area contributed by atoms with Crippen LogP contribution < -0.4 is 10.0 Å². The molecule has 0 atom stereocenters. The molecule has 0 aliphatic carbocycles. The summed E-state index contributed by atoms with van der Waals surface area (Å²) in [5.74, 6) is -0.890. The van der Waals surface area contributed by atoms with Gasteiger partial charge in [-0.2, -0.15) is 0 Å². The fourth-order valence-corrected chi connectivity index (χ4v) is 5.12.